The first-order valence-electron chi connectivity index (χ1n) is 24.1. The molecule has 12 rings (SSSR count). The van der Waals surface area contributed by atoms with E-state index in [0.717, 1.165) is 82.7 Å². The van der Waals surface area contributed by atoms with E-state index in [-0.39, 0.29) is 106 Å². The Morgan fingerprint density at radius 2 is 0.696 bits per heavy atom. The molecule has 0 unspecified atom stereocenters. The third-order valence-corrected chi connectivity index (χ3v) is 15.2. The summed E-state index contributed by atoms with van der Waals surface area (Å²) in [7, 11) is 0. The van der Waals surface area contributed by atoms with Crippen molar-refractivity contribution in [3.8, 4) is 51.7 Å². The number of rotatable bonds is 3. The Labute approximate surface area is 400 Å². The number of hydrogen-bond donors (Lipinski definition) is 8. The molecule has 3 saturated carbocycles. The van der Waals surface area contributed by atoms with Gasteiger partial charge in [-0.25, -0.2) is 0 Å². The van der Waals surface area contributed by atoms with Gasteiger partial charge in [-0.3, -0.25) is 4.79 Å². The Bertz CT molecular complexity index is 2650. The first kappa shape index (κ1) is 45.9. The number of aliphatic hydroxyl groups is 2. The summed E-state index contributed by atoms with van der Waals surface area (Å²) in [6.45, 7) is 0. The molecule has 6 aromatic rings. The van der Waals surface area contributed by atoms with E-state index in [0.29, 0.717) is 25.7 Å². The van der Waals surface area contributed by atoms with Crippen LogP contribution in [0.2, 0.25) is 0 Å². The zero-order valence-electron chi connectivity index (χ0n) is 38.0. The van der Waals surface area contributed by atoms with Crippen molar-refractivity contribution in [2.24, 2.45) is 17.8 Å². The zero-order chi connectivity index (χ0) is 47.9. The number of carbonyl (C=O) groups is 1. The van der Waals surface area contributed by atoms with Crippen molar-refractivity contribution in [2.75, 3.05) is 0 Å². The number of hydrogen-bond acceptors (Lipinski definition) is 12. The molecule has 0 aromatic heterocycles. The summed E-state index contributed by atoms with van der Waals surface area (Å²) in [4.78, 5) is 12.0. The van der Waals surface area contributed by atoms with Gasteiger partial charge in [-0.1, -0.05) is 36.4 Å². The third kappa shape index (κ3) is 9.60. The summed E-state index contributed by atoms with van der Waals surface area (Å²) >= 11 is 0. The Hall–Kier alpha value is -6.89. The smallest absolute Gasteiger partial charge is 0.133 e. The summed E-state index contributed by atoms with van der Waals surface area (Å²) in [6, 6.07) is 36.9. The minimum absolute atomic E-state index is 0.0749. The van der Waals surface area contributed by atoms with Gasteiger partial charge in [-0.2, -0.15) is 0 Å². The second-order valence-corrected chi connectivity index (χ2v) is 19.6. The van der Waals surface area contributed by atoms with Crippen LogP contribution in [-0.2, 0) is 4.79 Å². The molecule has 358 valence electrons. The average Bonchev–Trinajstić information content (AvgIpc) is 3.35. The second kappa shape index (κ2) is 19.2. The number of aliphatic hydroxyl groups excluding tert-OH is 2. The molecule has 3 heterocycles. The largest absolute Gasteiger partial charge is 0.508 e. The van der Waals surface area contributed by atoms with Crippen molar-refractivity contribution in [1.29, 1.82) is 0 Å². The highest BCUT2D eigenvalue weighted by molar-refractivity contribution is 5.80. The van der Waals surface area contributed by atoms with E-state index < -0.39 is 0 Å². The Balaban J connectivity index is 0.000000120. The van der Waals surface area contributed by atoms with Gasteiger partial charge < -0.3 is 55.1 Å². The molecule has 0 spiro atoms. The van der Waals surface area contributed by atoms with Crippen molar-refractivity contribution in [1.82, 2.24) is 0 Å². The maximum atomic E-state index is 12.0. The highest BCUT2D eigenvalue weighted by Gasteiger charge is 2.45. The molecule has 3 fully saturated rings. The van der Waals surface area contributed by atoms with Crippen LogP contribution in [0.5, 0.6) is 51.7 Å². The molecule has 3 aliphatic carbocycles. The molecule has 12 nitrogen and oxygen atoms in total. The fraction of sp³-hybridized carbons (Fsp3) is 0.351. The quantitative estimate of drug-likeness (QED) is 0.0834. The normalized spacial score (nSPS) is 28.2. The lowest BCUT2D eigenvalue weighted by Gasteiger charge is -2.44. The Kier molecular flexibility index (Phi) is 12.8. The van der Waals surface area contributed by atoms with Crippen LogP contribution >= 0.6 is 0 Å². The molecule has 11 atom stereocenters. The van der Waals surface area contributed by atoms with Crippen LogP contribution in [0.1, 0.15) is 127 Å². The van der Waals surface area contributed by atoms with Crippen LogP contribution in [-0.4, -0.2) is 58.8 Å². The number of ether oxygens (including phenoxy) is 3. The Morgan fingerprint density at radius 1 is 0.377 bits per heavy atom. The molecule has 12 heteroatoms. The lowest BCUT2D eigenvalue weighted by atomic mass is 9.69. The number of Topliss-reactive ketones (excluding diaryl/α,β-unsaturated/α-hetero) is 1. The number of phenols is 6. The van der Waals surface area contributed by atoms with E-state index in [1.54, 1.807) is 91.0 Å². The number of carbonyl (C=O) groups excluding carboxylic acids is 1. The van der Waals surface area contributed by atoms with Gasteiger partial charge >= 0.3 is 0 Å². The second-order valence-electron chi connectivity index (χ2n) is 19.6. The zero-order valence-corrected chi connectivity index (χ0v) is 38.0. The molecule has 0 amide bonds. The topological polar surface area (TPSA) is 207 Å². The van der Waals surface area contributed by atoms with Crippen LogP contribution in [0.15, 0.2) is 127 Å². The van der Waals surface area contributed by atoms with Gasteiger partial charge in [-0.05, 0) is 164 Å². The number of ketones is 1. The highest BCUT2D eigenvalue weighted by Crippen LogP contribution is 2.56. The van der Waals surface area contributed by atoms with Crippen LogP contribution in [0, 0.1) is 17.8 Å². The first-order chi connectivity index (χ1) is 33.3. The number of benzene rings is 6. The summed E-state index contributed by atoms with van der Waals surface area (Å²) in [6.07, 6.45) is 5.63. The van der Waals surface area contributed by atoms with Gasteiger partial charge in [0.05, 0.1) is 12.2 Å². The highest BCUT2D eigenvalue weighted by atomic mass is 16.5. The van der Waals surface area contributed by atoms with Crippen LogP contribution in [0.4, 0.5) is 0 Å². The molecular weight excluding hydrogens is 877 g/mol. The number of aromatic hydroxyl groups is 6. The predicted molar refractivity (Wildman–Crippen MR) is 256 cm³/mol. The first-order valence-corrected chi connectivity index (χ1v) is 24.1. The SMILES string of the molecule is O=C1CC[C@@H]2[C@H](C1)c1cc(O)ccc1O[C@@H]2c1ccc(O)cc1.Oc1ccc([C@H]2Oc3ccc(O)cc3[C@H]3C[C@@H](O)CC[C@H]32)cc1.Oc1ccc([C@H]2Oc3ccc(O)cc3[C@H]3C[C@H](O)CC[C@H]32)cc1. The minimum atomic E-state index is -0.301. The molecule has 0 saturated heterocycles. The minimum Gasteiger partial charge on any atom is -0.508 e. The molecular formula is C57H58O12. The average molecular weight is 935 g/mol. The third-order valence-electron chi connectivity index (χ3n) is 15.2. The summed E-state index contributed by atoms with van der Waals surface area (Å²) in [5, 5.41) is 78.1. The molecule has 0 radical (unpaired) electrons. The maximum absolute atomic E-state index is 12.0. The van der Waals surface area contributed by atoms with Crippen molar-refractivity contribution in [3.63, 3.8) is 0 Å². The van der Waals surface area contributed by atoms with Gasteiger partial charge in [0.2, 0.25) is 0 Å². The van der Waals surface area contributed by atoms with Gasteiger partial charge in [0.15, 0.2) is 0 Å². The fourth-order valence-electron chi connectivity index (χ4n) is 11.9. The lowest BCUT2D eigenvalue weighted by molar-refractivity contribution is -0.122. The molecule has 8 N–H and O–H groups in total. The Morgan fingerprint density at radius 3 is 1.06 bits per heavy atom. The summed E-state index contributed by atoms with van der Waals surface area (Å²) < 4.78 is 18.7. The van der Waals surface area contributed by atoms with E-state index in [1.807, 2.05) is 36.4 Å². The summed E-state index contributed by atoms with van der Waals surface area (Å²) in [5.41, 5.74) is 5.98. The van der Waals surface area contributed by atoms with Crippen LogP contribution < -0.4 is 14.2 Å². The molecule has 69 heavy (non-hydrogen) atoms. The molecule has 6 aliphatic rings. The van der Waals surface area contributed by atoms with E-state index in [9.17, 15) is 45.6 Å². The van der Waals surface area contributed by atoms with Crippen molar-refractivity contribution >= 4 is 5.78 Å². The number of fused-ring (bicyclic) bond motifs is 9. The summed E-state index contributed by atoms with van der Waals surface area (Å²) in [5.74, 6) is 5.07. The predicted octanol–water partition coefficient (Wildman–Crippen LogP) is 10.6. The maximum Gasteiger partial charge on any atom is 0.133 e. The standard InChI is InChI=1S/2C19H20O4.C19H18O4/c3*20-12-3-1-11(2-4-12)19-15-7-5-13(21)9-16(15)17-10-14(22)6-8-18(17)23-19/h2*1-4,6,8,10,13,15-16,19-22H,5,7,9H2;1-4,6,8,10,15-16,19-20,22H,5,7,9H2/t13-,15+,16-,19+;13-,15-,16+,19-;15-,16+,19-/m011/s1. The fourth-order valence-corrected chi connectivity index (χ4v) is 11.9. The van der Waals surface area contributed by atoms with Crippen molar-refractivity contribution in [3.05, 3.63) is 161 Å². The van der Waals surface area contributed by atoms with Crippen LogP contribution in [0.3, 0.4) is 0 Å². The molecule has 6 aromatic carbocycles. The van der Waals surface area contributed by atoms with E-state index in [4.69, 9.17) is 14.2 Å². The van der Waals surface area contributed by atoms with Gasteiger partial charge in [-0.15, -0.1) is 0 Å². The monoisotopic (exact) mass is 934 g/mol. The van der Waals surface area contributed by atoms with Crippen molar-refractivity contribution in [2.45, 2.75) is 106 Å². The lowest BCUT2D eigenvalue weighted by Crippen LogP contribution is -2.36. The van der Waals surface area contributed by atoms with Gasteiger partial charge in [0.1, 0.15) is 75.8 Å². The van der Waals surface area contributed by atoms with E-state index in [2.05, 4.69) is 0 Å². The van der Waals surface area contributed by atoms with Gasteiger partial charge in [0.25, 0.3) is 0 Å². The molecule has 3 aliphatic heterocycles. The van der Waals surface area contributed by atoms with E-state index in [1.165, 1.54) is 0 Å². The van der Waals surface area contributed by atoms with E-state index >= 15 is 0 Å². The molecule has 0 bridgehead atoms. The number of phenolic OH excluding ortho intramolecular Hbond substituents is 6. The van der Waals surface area contributed by atoms with Crippen LogP contribution in [0.25, 0.3) is 0 Å². The van der Waals surface area contributed by atoms with Gasteiger partial charge in [0, 0.05) is 53.2 Å². The van der Waals surface area contributed by atoms with Crippen molar-refractivity contribution < 1.29 is 59.9 Å².